The zero-order chi connectivity index (χ0) is 10.7. The topological polar surface area (TPSA) is 18.5 Å². The first-order valence-electron chi connectivity index (χ1n) is 6.38. The van der Waals surface area contributed by atoms with E-state index in [4.69, 9.17) is 0 Å². The fraction of sp³-hybridized carbons (Fsp3) is 1.00. The lowest BCUT2D eigenvalue weighted by atomic mass is 10.0. The maximum atomic E-state index is 3.58. The Kier molecular flexibility index (Phi) is 4.00. The molecule has 0 spiro atoms. The Balaban J connectivity index is 1.72. The molecule has 0 aromatic heterocycles. The number of likely N-dealkylation sites (tertiary alicyclic amines) is 1. The van der Waals surface area contributed by atoms with Gasteiger partial charge in [0.25, 0.3) is 0 Å². The van der Waals surface area contributed by atoms with E-state index in [2.05, 4.69) is 29.2 Å². The van der Waals surface area contributed by atoms with Gasteiger partial charge in [0.1, 0.15) is 0 Å². The van der Waals surface area contributed by atoms with E-state index >= 15 is 0 Å². The van der Waals surface area contributed by atoms with Gasteiger partial charge < -0.3 is 15.1 Å². The van der Waals surface area contributed by atoms with Crippen molar-refractivity contribution in [3.63, 3.8) is 0 Å². The van der Waals surface area contributed by atoms with Gasteiger partial charge in [0.05, 0.1) is 0 Å². The van der Waals surface area contributed by atoms with E-state index in [-0.39, 0.29) is 0 Å². The Morgan fingerprint density at radius 1 is 1.27 bits per heavy atom. The van der Waals surface area contributed by atoms with E-state index in [1.165, 1.54) is 51.9 Å². The Labute approximate surface area is 93.8 Å². The second-order valence-corrected chi connectivity index (χ2v) is 5.27. The Morgan fingerprint density at radius 2 is 2.00 bits per heavy atom. The summed E-state index contributed by atoms with van der Waals surface area (Å²) in [5.41, 5.74) is 0. The minimum atomic E-state index is 0.759. The molecule has 2 heterocycles. The molecular formula is C12H25N3. The number of nitrogens with one attached hydrogen (secondary N) is 1. The average molecular weight is 211 g/mol. The first kappa shape index (κ1) is 11.4. The molecule has 2 fully saturated rings. The SMILES string of the molecule is CN1CCC(N(C)C[C@@H]2CCCN2)CC1. The molecule has 2 aliphatic heterocycles. The zero-order valence-electron chi connectivity index (χ0n) is 10.2. The summed E-state index contributed by atoms with van der Waals surface area (Å²) in [7, 11) is 4.53. The normalized spacial score (nSPS) is 30.2. The lowest BCUT2D eigenvalue weighted by Crippen LogP contribution is -2.46. The molecule has 0 unspecified atom stereocenters. The molecule has 0 aromatic rings. The van der Waals surface area contributed by atoms with E-state index in [9.17, 15) is 0 Å². The molecule has 2 aliphatic rings. The van der Waals surface area contributed by atoms with Crippen LogP contribution in [-0.2, 0) is 0 Å². The highest BCUT2D eigenvalue weighted by Gasteiger charge is 2.23. The number of piperidine rings is 1. The van der Waals surface area contributed by atoms with Crippen molar-refractivity contribution < 1.29 is 0 Å². The average Bonchev–Trinajstić information content (AvgIpc) is 2.71. The van der Waals surface area contributed by atoms with Crippen molar-refractivity contribution in [3.8, 4) is 0 Å². The predicted octanol–water partition coefficient (Wildman–Crippen LogP) is 0.764. The molecule has 15 heavy (non-hydrogen) atoms. The molecule has 0 amide bonds. The molecule has 1 N–H and O–H groups in total. The summed E-state index contributed by atoms with van der Waals surface area (Å²) in [6.45, 7) is 5.01. The number of likely N-dealkylation sites (N-methyl/N-ethyl adjacent to an activating group) is 1. The van der Waals surface area contributed by atoms with E-state index < -0.39 is 0 Å². The van der Waals surface area contributed by atoms with Gasteiger partial charge in [-0.2, -0.15) is 0 Å². The van der Waals surface area contributed by atoms with Crippen LogP contribution in [0.1, 0.15) is 25.7 Å². The quantitative estimate of drug-likeness (QED) is 0.744. The number of rotatable bonds is 3. The van der Waals surface area contributed by atoms with Gasteiger partial charge in [0.2, 0.25) is 0 Å². The van der Waals surface area contributed by atoms with Crippen LogP contribution in [0.3, 0.4) is 0 Å². The van der Waals surface area contributed by atoms with Gasteiger partial charge in [-0.25, -0.2) is 0 Å². The highest BCUT2D eigenvalue weighted by Crippen LogP contribution is 2.16. The van der Waals surface area contributed by atoms with Crippen molar-refractivity contribution in [2.45, 2.75) is 37.8 Å². The molecular weight excluding hydrogens is 186 g/mol. The molecule has 2 saturated heterocycles. The molecule has 3 heteroatoms. The van der Waals surface area contributed by atoms with Crippen molar-refractivity contribution in [1.29, 1.82) is 0 Å². The van der Waals surface area contributed by atoms with Crippen LogP contribution in [0.5, 0.6) is 0 Å². The van der Waals surface area contributed by atoms with Crippen molar-refractivity contribution in [2.24, 2.45) is 0 Å². The van der Waals surface area contributed by atoms with E-state index in [0.29, 0.717) is 0 Å². The maximum Gasteiger partial charge on any atom is 0.0195 e. The lowest BCUT2D eigenvalue weighted by Gasteiger charge is -2.36. The third kappa shape index (κ3) is 3.16. The zero-order valence-corrected chi connectivity index (χ0v) is 10.2. The molecule has 0 aromatic carbocycles. The molecule has 0 saturated carbocycles. The standard InChI is InChI=1S/C12H25N3/c1-14-8-5-12(6-9-14)15(2)10-11-4-3-7-13-11/h11-13H,3-10H2,1-2H3/t11-/m0/s1. The molecule has 2 rings (SSSR count). The van der Waals surface area contributed by atoms with Gasteiger partial charge in [-0.15, -0.1) is 0 Å². The van der Waals surface area contributed by atoms with Gasteiger partial charge in [-0.05, 0) is 59.4 Å². The molecule has 0 aliphatic carbocycles. The molecule has 0 radical (unpaired) electrons. The molecule has 3 nitrogen and oxygen atoms in total. The number of nitrogens with zero attached hydrogens (tertiary/aromatic N) is 2. The van der Waals surface area contributed by atoms with Crippen molar-refractivity contribution in [3.05, 3.63) is 0 Å². The van der Waals surface area contributed by atoms with Crippen molar-refractivity contribution in [2.75, 3.05) is 40.3 Å². The van der Waals surface area contributed by atoms with Crippen LogP contribution in [0, 0.1) is 0 Å². The fourth-order valence-electron chi connectivity index (χ4n) is 2.84. The fourth-order valence-corrected chi connectivity index (χ4v) is 2.84. The van der Waals surface area contributed by atoms with Gasteiger partial charge in [-0.1, -0.05) is 0 Å². The van der Waals surface area contributed by atoms with Gasteiger partial charge >= 0.3 is 0 Å². The number of hydrogen-bond acceptors (Lipinski definition) is 3. The van der Waals surface area contributed by atoms with E-state index in [0.717, 1.165) is 12.1 Å². The third-order valence-electron chi connectivity index (χ3n) is 3.98. The summed E-state index contributed by atoms with van der Waals surface area (Å²) >= 11 is 0. The number of hydrogen-bond donors (Lipinski definition) is 1. The summed E-state index contributed by atoms with van der Waals surface area (Å²) < 4.78 is 0. The Hall–Kier alpha value is -0.120. The van der Waals surface area contributed by atoms with Crippen LogP contribution >= 0.6 is 0 Å². The smallest absolute Gasteiger partial charge is 0.0195 e. The van der Waals surface area contributed by atoms with Gasteiger partial charge in [0.15, 0.2) is 0 Å². The minimum absolute atomic E-state index is 0.759. The van der Waals surface area contributed by atoms with Crippen LogP contribution in [0.4, 0.5) is 0 Å². The van der Waals surface area contributed by atoms with Gasteiger partial charge in [0, 0.05) is 18.6 Å². The maximum absolute atomic E-state index is 3.58. The summed E-state index contributed by atoms with van der Waals surface area (Å²) in [4.78, 5) is 5.02. The predicted molar refractivity (Wildman–Crippen MR) is 64.2 cm³/mol. The second-order valence-electron chi connectivity index (χ2n) is 5.27. The molecule has 88 valence electrons. The van der Waals surface area contributed by atoms with Crippen molar-refractivity contribution >= 4 is 0 Å². The summed E-state index contributed by atoms with van der Waals surface area (Å²) in [6.07, 6.45) is 5.43. The summed E-state index contributed by atoms with van der Waals surface area (Å²) in [5.74, 6) is 0. The van der Waals surface area contributed by atoms with Crippen molar-refractivity contribution in [1.82, 2.24) is 15.1 Å². The van der Waals surface area contributed by atoms with Crippen LogP contribution in [0.2, 0.25) is 0 Å². The third-order valence-corrected chi connectivity index (χ3v) is 3.98. The Bertz CT molecular complexity index is 181. The molecule has 0 bridgehead atoms. The highest BCUT2D eigenvalue weighted by atomic mass is 15.2. The summed E-state index contributed by atoms with van der Waals surface area (Å²) in [6, 6.07) is 1.58. The van der Waals surface area contributed by atoms with E-state index in [1.807, 2.05) is 0 Å². The van der Waals surface area contributed by atoms with Crippen LogP contribution in [-0.4, -0.2) is 62.2 Å². The lowest BCUT2D eigenvalue weighted by molar-refractivity contribution is 0.136. The van der Waals surface area contributed by atoms with Crippen LogP contribution < -0.4 is 5.32 Å². The minimum Gasteiger partial charge on any atom is -0.313 e. The largest absolute Gasteiger partial charge is 0.313 e. The summed E-state index contributed by atoms with van der Waals surface area (Å²) in [5, 5.41) is 3.58. The first-order chi connectivity index (χ1) is 7.25. The second kappa shape index (κ2) is 5.28. The molecule has 1 atom stereocenters. The Morgan fingerprint density at radius 3 is 2.60 bits per heavy atom. The van der Waals surface area contributed by atoms with Gasteiger partial charge in [-0.3, -0.25) is 0 Å². The monoisotopic (exact) mass is 211 g/mol. The highest BCUT2D eigenvalue weighted by molar-refractivity contribution is 4.82. The van der Waals surface area contributed by atoms with Crippen LogP contribution in [0.25, 0.3) is 0 Å². The van der Waals surface area contributed by atoms with Crippen LogP contribution in [0.15, 0.2) is 0 Å². The van der Waals surface area contributed by atoms with E-state index in [1.54, 1.807) is 0 Å². The first-order valence-corrected chi connectivity index (χ1v) is 6.38.